The van der Waals surface area contributed by atoms with Gasteiger partial charge in [0.1, 0.15) is 11.4 Å². The molecule has 1 fully saturated rings. The molecule has 4 rings (SSSR count). The van der Waals surface area contributed by atoms with E-state index in [0.29, 0.717) is 29.5 Å². The average molecular weight is 394 g/mol. The summed E-state index contributed by atoms with van der Waals surface area (Å²) in [4.78, 5) is 15.9. The molecule has 3 aromatic rings. The monoisotopic (exact) mass is 394 g/mol. The maximum atomic E-state index is 12.8. The molecule has 0 bridgehead atoms. The van der Waals surface area contributed by atoms with Gasteiger partial charge in [-0.2, -0.15) is 0 Å². The molecule has 0 aliphatic heterocycles. The zero-order valence-electron chi connectivity index (χ0n) is 16.8. The molecule has 1 amide bonds. The molecule has 1 saturated carbocycles. The Morgan fingerprint density at radius 3 is 2.69 bits per heavy atom. The van der Waals surface area contributed by atoms with Crippen LogP contribution in [-0.4, -0.2) is 30.7 Å². The van der Waals surface area contributed by atoms with Gasteiger partial charge < -0.3 is 24.5 Å². The Labute approximate surface area is 170 Å². The van der Waals surface area contributed by atoms with Gasteiger partial charge in [0.2, 0.25) is 0 Å². The molecule has 6 heteroatoms. The van der Waals surface area contributed by atoms with Crippen molar-refractivity contribution in [3.05, 3.63) is 48.2 Å². The van der Waals surface area contributed by atoms with Crippen LogP contribution in [-0.2, 0) is 0 Å². The van der Waals surface area contributed by atoms with E-state index < -0.39 is 0 Å². The van der Waals surface area contributed by atoms with E-state index in [9.17, 15) is 4.79 Å². The van der Waals surface area contributed by atoms with Gasteiger partial charge in [0.05, 0.1) is 19.8 Å². The number of benzene rings is 2. The third-order valence-electron chi connectivity index (χ3n) is 5.17. The number of fused-ring (bicyclic) bond motifs is 1. The predicted molar refractivity (Wildman–Crippen MR) is 113 cm³/mol. The number of carbonyl (C=O) groups excluding carboxylic acids is 1. The Balaban J connectivity index is 1.52. The van der Waals surface area contributed by atoms with Gasteiger partial charge in [0.15, 0.2) is 11.5 Å². The lowest BCUT2D eigenvalue weighted by Crippen LogP contribution is -2.14. The van der Waals surface area contributed by atoms with Gasteiger partial charge in [-0.15, -0.1) is 0 Å². The van der Waals surface area contributed by atoms with Crippen molar-refractivity contribution in [1.29, 1.82) is 0 Å². The molecule has 1 heterocycles. The van der Waals surface area contributed by atoms with Gasteiger partial charge in [-0.1, -0.05) is 0 Å². The average Bonchev–Trinajstić information content (AvgIpc) is 3.38. The fourth-order valence-electron chi connectivity index (χ4n) is 3.72. The quantitative estimate of drug-likeness (QED) is 0.581. The van der Waals surface area contributed by atoms with E-state index in [2.05, 4.69) is 10.3 Å². The van der Waals surface area contributed by atoms with E-state index in [1.165, 1.54) is 12.8 Å². The lowest BCUT2D eigenvalue weighted by molar-refractivity contribution is 0.102. The van der Waals surface area contributed by atoms with Crippen molar-refractivity contribution in [2.24, 2.45) is 0 Å². The van der Waals surface area contributed by atoms with E-state index >= 15 is 0 Å². The summed E-state index contributed by atoms with van der Waals surface area (Å²) in [7, 11) is 1.62. The maximum absolute atomic E-state index is 12.8. The minimum Gasteiger partial charge on any atom is -0.494 e. The summed E-state index contributed by atoms with van der Waals surface area (Å²) in [6, 6.07) is 13.0. The van der Waals surface area contributed by atoms with Gasteiger partial charge in [-0.3, -0.25) is 4.79 Å². The highest BCUT2D eigenvalue weighted by atomic mass is 16.5. The second-order valence-corrected chi connectivity index (χ2v) is 7.21. The molecular weight excluding hydrogens is 368 g/mol. The molecule has 1 aliphatic carbocycles. The number of ether oxygens (including phenoxy) is 3. The highest BCUT2D eigenvalue weighted by Crippen LogP contribution is 2.34. The largest absolute Gasteiger partial charge is 0.494 e. The SMILES string of the molecule is CCOc1ccc2cc(C(=O)Nc3ccc(OC)c(OC4CCCC4)c3)[nH]c2c1. The van der Waals surface area contributed by atoms with Gasteiger partial charge in [0, 0.05) is 28.7 Å². The molecule has 0 unspecified atom stereocenters. The van der Waals surface area contributed by atoms with E-state index in [0.717, 1.165) is 29.5 Å². The Hall–Kier alpha value is -3.15. The third kappa shape index (κ3) is 4.31. The fourth-order valence-corrected chi connectivity index (χ4v) is 3.72. The highest BCUT2D eigenvalue weighted by molar-refractivity contribution is 6.06. The smallest absolute Gasteiger partial charge is 0.272 e. The third-order valence-corrected chi connectivity index (χ3v) is 5.17. The van der Waals surface area contributed by atoms with Crippen LogP contribution in [0, 0.1) is 0 Å². The van der Waals surface area contributed by atoms with E-state index in [1.807, 2.05) is 49.4 Å². The number of rotatable bonds is 7. The van der Waals surface area contributed by atoms with Crippen LogP contribution in [0.3, 0.4) is 0 Å². The van der Waals surface area contributed by atoms with Crippen LogP contribution in [0.4, 0.5) is 5.69 Å². The lowest BCUT2D eigenvalue weighted by Gasteiger charge is -2.17. The van der Waals surface area contributed by atoms with E-state index in [1.54, 1.807) is 7.11 Å². The number of carbonyl (C=O) groups is 1. The van der Waals surface area contributed by atoms with Gasteiger partial charge in [-0.05, 0) is 62.9 Å². The number of anilines is 1. The molecule has 2 aromatic carbocycles. The summed E-state index contributed by atoms with van der Waals surface area (Å²) in [5, 5.41) is 3.90. The number of hydrogen-bond acceptors (Lipinski definition) is 4. The number of aromatic amines is 1. The summed E-state index contributed by atoms with van der Waals surface area (Å²) in [6.07, 6.45) is 4.70. The number of H-pyrrole nitrogens is 1. The van der Waals surface area contributed by atoms with Gasteiger partial charge in [-0.25, -0.2) is 0 Å². The van der Waals surface area contributed by atoms with Crippen LogP contribution in [0.15, 0.2) is 42.5 Å². The van der Waals surface area contributed by atoms with Crippen LogP contribution in [0.5, 0.6) is 17.2 Å². The molecular formula is C23H26N2O4. The second-order valence-electron chi connectivity index (χ2n) is 7.21. The topological polar surface area (TPSA) is 72.6 Å². The van der Waals surface area contributed by atoms with Crippen molar-refractivity contribution in [3.8, 4) is 17.2 Å². The molecule has 1 aromatic heterocycles. The number of amides is 1. The summed E-state index contributed by atoms with van der Waals surface area (Å²) >= 11 is 0. The molecule has 2 N–H and O–H groups in total. The second kappa shape index (κ2) is 8.47. The van der Waals surface area contributed by atoms with Crippen LogP contribution < -0.4 is 19.5 Å². The highest BCUT2D eigenvalue weighted by Gasteiger charge is 2.19. The van der Waals surface area contributed by atoms with Crippen molar-refractivity contribution in [2.75, 3.05) is 19.0 Å². The van der Waals surface area contributed by atoms with Crippen LogP contribution >= 0.6 is 0 Å². The molecule has 0 atom stereocenters. The zero-order chi connectivity index (χ0) is 20.2. The Bertz CT molecular complexity index is 1010. The van der Waals surface area contributed by atoms with Crippen molar-refractivity contribution < 1.29 is 19.0 Å². The first-order chi connectivity index (χ1) is 14.2. The first-order valence-electron chi connectivity index (χ1n) is 10.1. The van der Waals surface area contributed by atoms with Crippen molar-refractivity contribution in [3.63, 3.8) is 0 Å². The first kappa shape index (κ1) is 19.2. The summed E-state index contributed by atoms with van der Waals surface area (Å²) in [6.45, 7) is 2.54. The zero-order valence-corrected chi connectivity index (χ0v) is 16.8. The molecule has 0 radical (unpaired) electrons. The normalized spacial score (nSPS) is 14.1. The lowest BCUT2D eigenvalue weighted by atomic mass is 10.2. The first-order valence-corrected chi connectivity index (χ1v) is 10.1. The molecule has 152 valence electrons. The van der Waals surface area contributed by atoms with E-state index in [4.69, 9.17) is 14.2 Å². The van der Waals surface area contributed by atoms with Crippen LogP contribution in [0.1, 0.15) is 43.1 Å². The van der Waals surface area contributed by atoms with E-state index in [-0.39, 0.29) is 12.0 Å². The summed E-state index contributed by atoms with van der Waals surface area (Å²) in [5.41, 5.74) is 2.02. The fraction of sp³-hybridized carbons (Fsp3) is 0.348. The Morgan fingerprint density at radius 1 is 1.10 bits per heavy atom. The number of hydrogen-bond donors (Lipinski definition) is 2. The number of nitrogens with one attached hydrogen (secondary N) is 2. The molecule has 0 spiro atoms. The molecule has 6 nitrogen and oxygen atoms in total. The van der Waals surface area contributed by atoms with Crippen molar-refractivity contribution in [1.82, 2.24) is 4.98 Å². The summed E-state index contributed by atoms with van der Waals surface area (Å²) in [5.74, 6) is 1.90. The van der Waals surface area contributed by atoms with Gasteiger partial charge >= 0.3 is 0 Å². The van der Waals surface area contributed by atoms with Crippen molar-refractivity contribution >= 4 is 22.5 Å². The molecule has 1 aliphatic rings. The summed E-state index contributed by atoms with van der Waals surface area (Å²) < 4.78 is 17.0. The number of aromatic nitrogens is 1. The van der Waals surface area contributed by atoms with Crippen molar-refractivity contribution in [2.45, 2.75) is 38.7 Å². The molecule has 29 heavy (non-hydrogen) atoms. The predicted octanol–water partition coefficient (Wildman–Crippen LogP) is 5.15. The van der Waals surface area contributed by atoms with Gasteiger partial charge in [0.25, 0.3) is 5.91 Å². The Morgan fingerprint density at radius 2 is 1.93 bits per heavy atom. The Kier molecular flexibility index (Phi) is 5.60. The van der Waals surface area contributed by atoms with Crippen LogP contribution in [0.2, 0.25) is 0 Å². The minimum absolute atomic E-state index is 0.211. The number of methoxy groups -OCH3 is 1. The molecule has 0 saturated heterocycles. The van der Waals surface area contributed by atoms with Crippen LogP contribution in [0.25, 0.3) is 10.9 Å². The minimum atomic E-state index is -0.212. The standard InChI is InChI=1S/C23H26N2O4/c1-3-28-18-10-8-15-12-20(25-19(15)14-18)23(26)24-16-9-11-21(27-2)22(13-16)29-17-6-4-5-7-17/h8-14,17,25H,3-7H2,1-2H3,(H,24,26). The maximum Gasteiger partial charge on any atom is 0.272 e.